The third-order valence-electron chi connectivity index (χ3n) is 3.11. The number of aromatic nitrogens is 2. The lowest BCUT2D eigenvalue weighted by atomic mass is 10.2. The molecule has 0 spiro atoms. The molecule has 1 N–H and O–H groups in total. The molecule has 2 heterocycles. The Balaban J connectivity index is 1.78. The van der Waals surface area contributed by atoms with E-state index in [2.05, 4.69) is 20.5 Å². The Bertz CT molecular complexity index is 961. The summed E-state index contributed by atoms with van der Waals surface area (Å²) in [6.45, 7) is 0. The molecule has 0 unspecified atom stereocenters. The Kier molecular flexibility index (Phi) is 5.14. The number of nitriles is 1. The minimum Gasteiger partial charge on any atom is -0.284 e. The standard InChI is InChI=1S/C17H10ClN5OS/c18-12-3-5-13(6-4-12)22-23-14(8-19)16(24)15-10-25-17(21-15)11-2-1-7-20-9-11/h1-7,9-10,22H/b23-14-. The largest absolute Gasteiger partial charge is 0.284 e. The number of hydrogen-bond donors (Lipinski definition) is 1. The minimum absolute atomic E-state index is 0.169. The summed E-state index contributed by atoms with van der Waals surface area (Å²) >= 11 is 7.11. The number of carbonyl (C=O) groups is 1. The predicted octanol–water partition coefficient (Wildman–Crippen LogP) is 4.03. The van der Waals surface area contributed by atoms with Gasteiger partial charge in [0.1, 0.15) is 16.8 Å². The fourth-order valence-electron chi connectivity index (χ4n) is 1.89. The highest BCUT2D eigenvalue weighted by atomic mass is 35.5. The van der Waals surface area contributed by atoms with E-state index in [1.54, 1.807) is 54.2 Å². The van der Waals surface area contributed by atoms with Crippen LogP contribution in [0.4, 0.5) is 5.69 Å². The molecule has 0 aliphatic rings. The van der Waals surface area contributed by atoms with Crippen LogP contribution in [0.25, 0.3) is 10.6 Å². The van der Waals surface area contributed by atoms with Gasteiger partial charge in [0.2, 0.25) is 11.5 Å². The number of carbonyl (C=O) groups excluding carboxylic acids is 1. The van der Waals surface area contributed by atoms with Crippen molar-refractivity contribution in [1.29, 1.82) is 5.26 Å². The van der Waals surface area contributed by atoms with Gasteiger partial charge in [-0.1, -0.05) is 11.6 Å². The summed E-state index contributed by atoms with van der Waals surface area (Å²) in [6.07, 6.45) is 3.32. The van der Waals surface area contributed by atoms with E-state index in [0.717, 1.165) is 5.56 Å². The molecule has 1 aromatic carbocycles. The number of Topliss-reactive ketones (excluding diaryl/α,β-unsaturated/α-hetero) is 1. The van der Waals surface area contributed by atoms with Crippen molar-refractivity contribution < 1.29 is 4.79 Å². The zero-order chi connectivity index (χ0) is 17.6. The fourth-order valence-corrected chi connectivity index (χ4v) is 2.81. The Morgan fingerprint density at radius 2 is 2.08 bits per heavy atom. The van der Waals surface area contributed by atoms with E-state index in [-0.39, 0.29) is 11.4 Å². The average molecular weight is 368 g/mol. The van der Waals surface area contributed by atoms with Gasteiger partial charge in [-0.25, -0.2) is 4.98 Å². The highest BCUT2D eigenvalue weighted by Crippen LogP contribution is 2.23. The van der Waals surface area contributed by atoms with Crippen LogP contribution in [0.5, 0.6) is 0 Å². The van der Waals surface area contributed by atoms with Crippen LogP contribution in [0, 0.1) is 11.3 Å². The van der Waals surface area contributed by atoms with Gasteiger partial charge < -0.3 is 0 Å². The van der Waals surface area contributed by atoms with Crippen LogP contribution < -0.4 is 5.43 Å². The molecular formula is C17H10ClN5OS. The monoisotopic (exact) mass is 367 g/mol. The van der Waals surface area contributed by atoms with Gasteiger partial charge in [-0.3, -0.25) is 15.2 Å². The number of nitrogens with zero attached hydrogens (tertiary/aromatic N) is 4. The van der Waals surface area contributed by atoms with Gasteiger partial charge in [0.05, 0.1) is 5.69 Å². The van der Waals surface area contributed by atoms with Crippen molar-refractivity contribution in [3.05, 3.63) is 64.9 Å². The van der Waals surface area contributed by atoms with Gasteiger partial charge in [-0.15, -0.1) is 11.3 Å². The van der Waals surface area contributed by atoms with E-state index in [0.29, 0.717) is 15.7 Å². The van der Waals surface area contributed by atoms with Crippen LogP contribution >= 0.6 is 22.9 Å². The molecule has 0 saturated heterocycles. The Labute approximate surface area is 152 Å². The number of anilines is 1. The smallest absolute Gasteiger partial charge is 0.243 e. The number of nitrogens with one attached hydrogen (secondary N) is 1. The number of thiazole rings is 1. The van der Waals surface area contributed by atoms with E-state index >= 15 is 0 Å². The second-order valence-corrected chi connectivity index (χ2v) is 6.09. The zero-order valence-electron chi connectivity index (χ0n) is 12.7. The van der Waals surface area contributed by atoms with Crippen molar-refractivity contribution in [2.75, 3.05) is 5.43 Å². The molecule has 3 rings (SSSR count). The summed E-state index contributed by atoms with van der Waals surface area (Å²) in [4.78, 5) is 20.7. The molecule has 0 atom stereocenters. The van der Waals surface area contributed by atoms with Crippen molar-refractivity contribution in [3.63, 3.8) is 0 Å². The third kappa shape index (κ3) is 4.07. The van der Waals surface area contributed by atoms with Crippen LogP contribution in [0.3, 0.4) is 0 Å². The van der Waals surface area contributed by atoms with Gasteiger partial charge >= 0.3 is 0 Å². The molecule has 0 radical (unpaired) electrons. The van der Waals surface area contributed by atoms with E-state index in [1.165, 1.54) is 11.3 Å². The summed E-state index contributed by atoms with van der Waals surface area (Å²) in [5.74, 6) is -0.546. The van der Waals surface area contributed by atoms with Crippen molar-refractivity contribution in [1.82, 2.24) is 9.97 Å². The summed E-state index contributed by atoms with van der Waals surface area (Å²) < 4.78 is 0. The Morgan fingerprint density at radius 3 is 2.76 bits per heavy atom. The Morgan fingerprint density at radius 1 is 1.28 bits per heavy atom. The fraction of sp³-hybridized carbons (Fsp3) is 0. The number of rotatable bonds is 5. The SMILES string of the molecule is N#C/C(=N/Nc1ccc(Cl)cc1)C(=O)c1csc(-c2cccnc2)n1. The number of benzene rings is 1. The molecule has 0 saturated carbocycles. The molecule has 6 nitrogen and oxygen atoms in total. The molecule has 0 aliphatic carbocycles. The lowest BCUT2D eigenvalue weighted by Gasteiger charge is -2.00. The van der Waals surface area contributed by atoms with E-state index in [9.17, 15) is 10.1 Å². The number of halogens is 1. The highest BCUT2D eigenvalue weighted by Gasteiger charge is 2.18. The maximum absolute atomic E-state index is 12.4. The first kappa shape index (κ1) is 16.8. The Hall–Kier alpha value is -3.08. The van der Waals surface area contributed by atoms with E-state index in [1.807, 2.05) is 6.07 Å². The van der Waals surface area contributed by atoms with Crippen molar-refractivity contribution >= 4 is 40.1 Å². The predicted molar refractivity (Wildman–Crippen MR) is 97.8 cm³/mol. The van der Waals surface area contributed by atoms with E-state index < -0.39 is 5.78 Å². The summed E-state index contributed by atoms with van der Waals surface area (Å²) in [6, 6.07) is 12.2. The zero-order valence-corrected chi connectivity index (χ0v) is 14.3. The van der Waals surface area contributed by atoms with Crippen LogP contribution in [-0.4, -0.2) is 21.5 Å². The van der Waals surface area contributed by atoms with Gasteiger partial charge in [0.25, 0.3) is 0 Å². The molecule has 2 aromatic heterocycles. The molecular weight excluding hydrogens is 358 g/mol. The summed E-state index contributed by atoms with van der Waals surface area (Å²) in [5.41, 5.74) is 3.97. The first-order valence-electron chi connectivity index (χ1n) is 7.07. The molecule has 25 heavy (non-hydrogen) atoms. The second kappa shape index (κ2) is 7.66. The molecule has 0 aliphatic heterocycles. The topological polar surface area (TPSA) is 91.0 Å². The van der Waals surface area contributed by atoms with Gasteiger partial charge in [0.15, 0.2) is 0 Å². The highest BCUT2D eigenvalue weighted by molar-refractivity contribution is 7.13. The minimum atomic E-state index is -0.546. The van der Waals surface area contributed by atoms with E-state index in [4.69, 9.17) is 11.6 Å². The van der Waals surface area contributed by atoms with Crippen LogP contribution in [-0.2, 0) is 0 Å². The lowest BCUT2D eigenvalue weighted by Crippen LogP contribution is -2.14. The normalized spacial score (nSPS) is 11.0. The van der Waals surface area contributed by atoms with Gasteiger partial charge in [0, 0.05) is 28.4 Å². The van der Waals surface area contributed by atoms with Crippen molar-refractivity contribution in [2.45, 2.75) is 0 Å². The summed E-state index contributed by atoms with van der Waals surface area (Å²) in [5, 5.41) is 15.9. The number of ketones is 1. The van der Waals surface area contributed by atoms with Gasteiger partial charge in [-0.2, -0.15) is 10.4 Å². The average Bonchev–Trinajstić information content (AvgIpc) is 3.14. The quantitative estimate of drug-likeness (QED) is 0.417. The van der Waals surface area contributed by atoms with Crippen LogP contribution in [0.15, 0.2) is 59.3 Å². The van der Waals surface area contributed by atoms with Crippen molar-refractivity contribution in [3.8, 4) is 16.6 Å². The summed E-state index contributed by atoms with van der Waals surface area (Å²) in [7, 11) is 0. The third-order valence-corrected chi connectivity index (χ3v) is 4.25. The lowest BCUT2D eigenvalue weighted by molar-refractivity contribution is 0.106. The number of hydrazone groups is 1. The molecule has 8 heteroatoms. The molecule has 3 aromatic rings. The van der Waals surface area contributed by atoms with Crippen LogP contribution in [0.1, 0.15) is 10.5 Å². The van der Waals surface area contributed by atoms with Crippen molar-refractivity contribution in [2.24, 2.45) is 5.10 Å². The molecule has 0 bridgehead atoms. The second-order valence-electron chi connectivity index (χ2n) is 4.80. The first-order valence-corrected chi connectivity index (χ1v) is 8.33. The maximum atomic E-state index is 12.4. The van der Waals surface area contributed by atoms with Gasteiger partial charge in [-0.05, 0) is 36.4 Å². The maximum Gasteiger partial charge on any atom is 0.243 e. The first-order chi connectivity index (χ1) is 12.2. The number of hydrogen-bond acceptors (Lipinski definition) is 7. The molecule has 0 amide bonds. The van der Waals surface area contributed by atoms with Crippen LogP contribution in [0.2, 0.25) is 5.02 Å². The molecule has 122 valence electrons. The molecule has 0 fully saturated rings. The number of pyridine rings is 1.